The number of ether oxygens (including phenoxy) is 2. The smallest absolute Gasteiger partial charge is 0.255 e. The fourth-order valence-electron chi connectivity index (χ4n) is 10.1. The highest BCUT2D eigenvalue weighted by Crippen LogP contribution is 2.42. The lowest BCUT2D eigenvalue weighted by Crippen LogP contribution is -2.57. The van der Waals surface area contributed by atoms with Gasteiger partial charge in [-0.15, -0.1) is 10.2 Å². The Kier molecular flexibility index (Phi) is 13.1. The second-order valence-electron chi connectivity index (χ2n) is 17.7. The van der Waals surface area contributed by atoms with Crippen molar-refractivity contribution in [2.45, 2.75) is 114 Å². The number of rotatable bonds is 14. The van der Waals surface area contributed by atoms with Gasteiger partial charge in [-0.05, 0) is 93.7 Å². The first-order chi connectivity index (χ1) is 32.1. The van der Waals surface area contributed by atoms with Crippen molar-refractivity contribution in [3.8, 4) is 29.0 Å². The van der Waals surface area contributed by atoms with Gasteiger partial charge >= 0.3 is 0 Å². The van der Waals surface area contributed by atoms with E-state index in [0.717, 1.165) is 56.9 Å². The first-order valence-electron chi connectivity index (χ1n) is 22.9. The largest absolute Gasteiger partial charge is 0.495 e. The number of likely N-dealkylation sites (N-methyl/N-ethyl adjacent to an activating group) is 1. The molecule has 4 N–H and O–H groups in total. The van der Waals surface area contributed by atoms with Crippen molar-refractivity contribution in [1.82, 2.24) is 30.4 Å². The molecule has 344 valence electrons. The summed E-state index contributed by atoms with van der Waals surface area (Å²) in [5.41, 5.74) is 9.85. The van der Waals surface area contributed by atoms with E-state index in [-0.39, 0.29) is 49.4 Å². The second kappa shape index (κ2) is 19.4. The van der Waals surface area contributed by atoms with Gasteiger partial charge in [0.15, 0.2) is 5.82 Å². The Hall–Kier alpha value is -6.71. The van der Waals surface area contributed by atoms with Crippen molar-refractivity contribution in [3.05, 3.63) is 65.2 Å². The van der Waals surface area contributed by atoms with Crippen LogP contribution in [-0.4, -0.2) is 107 Å². The number of hydrogen-bond donors (Lipinski definition) is 3. The van der Waals surface area contributed by atoms with Gasteiger partial charge < -0.3 is 44.4 Å². The highest BCUT2D eigenvalue weighted by Gasteiger charge is 2.46. The lowest BCUT2D eigenvalue weighted by molar-refractivity contribution is -0.140. The molecule has 0 bridgehead atoms. The molecule has 66 heavy (non-hydrogen) atoms. The summed E-state index contributed by atoms with van der Waals surface area (Å²) in [4.78, 5) is 80.5. The van der Waals surface area contributed by atoms with Crippen molar-refractivity contribution in [3.63, 3.8) is 0 Å². The summed E-state index contributed by atoms with van der Waals surface area (Å²) >= 11 is 0. The quantitative estimate of drug-likeness (QED) is 0.0670. The number of imide groups is 1. The number of nitrogens with two attached hydrogens (primary N) is 1. The number of nitrogens with zero attached hydrogens (tertiary/aromatic N) is 7. The van der Waals surface area contributed by atoms with Crippen molar-refractivity contribution < 1.29 is 37.9 Å². The zero-order valence-electron chi connectivity index (χ0n) is 37.2. The summed E-state index contributed by atoms with van der Waals surface area (Å²) < 4.78 is 17.1. The molecule has 2 aromatic carbocycles. The van der Waals surface area contributed by atoms with E-state index in [1.165, 1.54) is 4.90 Å². The molecule has 2 saturated carbocycles. The number of carbonyl (C=O) groups excluding carboxylic acids is 5. The molecule has 5 heterocycles. The average molecular weight is 899 g/mol. The molecule has 4 aromatic rings. The van der Waals surface area contributed by atoms with Crippen LogP contribution in [0.2, 0.25) is 0 Å². The summed E-state index contributed by atoms with van der Waals surface area (Å²) in [5.74, 6) is 6.77. The molecule has 2 aliphatic carbocycles. The molecule has 2 unspecified atom stereocenters. The third-order valence-corrected chi connectivity index (χ3v) is 13.7. The van der Waals surface area contributed by atoms with Gasteiger partial charge in [-0.2, -0.15) is 4.98 Å². The normalized spacial score (nSPS) is 23.0. The van der Waals surface area contributed by atoms with E-state index >= 15 is 0 Å². The van der Waals surface area contributed by atoms with Crippen molar-refractivity contribution in [2.75, 3.05) is 42.5 Å². The number of fused-ring (bicyclic) bond motifs is 2. The number of hydrogen-bond acceptors (Lipinski definition) is 15. The highest BCUT2D eigenvalue weighted by atomic mass is 16.5. The van der Waals surface area contributed by atoms with Crippen LogP contribution in [-0.2, 0) is 30.5 Å². The number of aldehydes is 1. The molecule has 0 spiro atoms. The number of benzene rings is 2. The first-order valence-corrected chi connectivity index (χ1v) is 22.9. The predicted octanol–water partition coefficient (Wildman–Crippen LogP) is 4.78. The Bertz CT molecular complexity index is 2570. The Labute approximate surface area is 382 Å². The Morgan fingerprint density at radius 3 is 2.62 bits per heavy atom. The van der Waals surface area contributed by atoms with Crippen LogP contribution < -0.4 is 30.9 Å². The topological polar surface area (TPSA) is 228 Å². The second-order valence-corrected chi connectivity index (χ2v) is 17.7. The van der Waals surface area contributed by atoms with Crippen LogP contribution in [0, 0.1) is 17.8 Å². The average Bonchev–Trinajstić information content (AvgIpc) is 4.11. The molecular formula is C48H54N10O8. The van der Waals surface area contributed by atoms with Crippen LogP contribution in [0.1, 0.15) is 110 Å². The third-order valence-electron chi connectivity index (χ3n) is 13.7. The number of methoxy groups -OCH3 is 1. The Morgan fingerprint density at radius 2 is 1.83 bits per heavy atom. The van der Waals surface area contributed by atoms with Gasteiger partial charge in [-0.25, -0.2) is 4.98 Å². The lowest BCUT2D eigenvalue weighted by Gasteiger charge is -2.44. The van der Waals surface area contributed by atoms with E-state index in [0.29, 0.717) is 89.5 Å². The molecule has 0 radical (unpaired) electrons. The number of piperidine rings is 1. The number of anilines is 4. The summed E-state index contributed by atoms with van der Waals surface area (Å²) in [5, 5.41) is 14.5. The monoisotopic (exact) mass is 898 g/mol. The summed E-state index contributed by atoms with van der Waals surface area (Å²) in [7, 11) is 3.29. The minimum absolute atomic E-state index is 0.00389. The highest BCUT2D eigenvalue weighted by molar-refractivity contribution is 6.07. The molecule has 9 rings (SSSR count). The molecule has 3 aliphatic heterocycles. The van der Waals surface area contributed by atoms with Gasteiger partial charge in [0.1, 0.15) is 36.4 Å². The van der Waals surface area contributed by atoms with Crippen LogP contribution in [0.5, 0.6) is 5.75 Å². The van der Waals surface area contributed by atoms with Crippen molar-refractivity contribution >= 4 is 53.1 Å². The molecule has 18 heteroatoms. The SMILES string of the molecule is COc1cc(-c2nnc(C3CCC(N)CC3)o2)ccc1Nc1ncc2c(n1)N(C1CCCC1)[C@H](CCC1CC(N3Cc4c(C#CCCOCC=O)cccc4C3=O)C(=O)NC1=O)C(=O)N2C. The van der Waals surface area contributed by atoms with Crippen LogP contribution in [0.15, 0.2) is 47.0 Å². The standard InChI is InChI=1S/C48H54N10O8/c1-56-39-26-50-48(51-36-19-15-31(25-40(36)64-2)45-55-54-44(66-45)29-13-17-32(49)18-14-29)52-41(39)58(33-10-3-4-11-33)37(47(56)63)20-16-30-24-38(43(61)53-42(30)60)57-27-35-28(8-5-6-22-65-23-21-59)9-7-12-34(35)46(57)62/h7,9,12,15,19,21,25-26,29-30,32-33,37-38H,3-4,6,10-11,13-14,16-18,20,22-24,27,49H2,1-2H3,(H,50,51,52)(H,53,60,61)/t29?,30?,32?,37-,38?/m1/s1. The zero-order valence-corrected chi connectivity index (χ0v) is 37.2. The van der Waals surface area contributed by atoms with Gasteiger partial charge in [-0.3, -0.25) is 24.5 Å². The Morgan fingerprint density at radius 1 is 1.02 bits per heavy atom. The summed E-state index contributed by atoms with van der Waals surface area (Å²) in [6.07, 6.45) is 10.9. The molecule has 3 atom stereocenters. The molecule has 3 fully saturated rings. The summed E-state index contributed by atoms with van der Waals surface area (Å²) in [6.45, 7) is 0.473. The van der Waals surface area contributed by atoms with Crippen LogP contribution >= 0.6 is 0 Å². The molecule has 5 aliphatic rings. The Balaban J connectivity index is 0.910. The maximum atomic E-state index is 14.3. The molecule has 1 saturated heterocycles. The molecular weight excluding hydrogens is 845 g/mol. The predicted molar refractivity (Wildman–Crippen MR) is 242 cm³/mol. The molecule has 18 nitrogen and oxygen atoms in total. The maximum Gasteiger partial charge on any atom is 0.255 e. The van der Waals surface area contributed by atoms with Gasteiger partial charge in [0.2, 0.25) is 35.5 Å². The third kappa shape index (κ3) is 8.97. The van der Waals surface area contributed by atoms with E-state index in [2.05, 4.69) is 42.6 Å². The maximum absolute atomic E-state index is 14.3. The minimum Gasteiger partial charge on any atom is -0.495 e. The van der Waals surface area contributed by atoms with Crippen molar-refractivity contribution in [1.29, 1.82) is 0 Å². The minimum atomic E-state index is -0.889. The van der Waals surface area contributed by atoms with Crippen molar-refractivity contribution in [2.24, 2.45) is 11.7 Å². The van der Waals surface area contributed by atoms with Gasteiger partial charge in [-0.1, -0.05) is 30.7 Å². The first kappa shape index (κ1) is 44.5. The fraction of sp³-hybridized carbons (Fsp3) is 0.479. The van der Waals surface area contributed by atoms with Gasteiger partial charge in [0.05, 0.1) is 25.6 Å². The van der Waals surface area contributed by atoms with Gasteiger partial charge in [0, 0.05) is 60.6 Å². The zero-order chi connectivity index (χ0) is 45.9. The van der Waals surface area contributed by atoms with E-state index < -0.39 is 29.8 Å². The number of carbonyl (C=O) groups is 5. The van der Waals surface area contributed by atoms with E-state index in [4.69, 9.17) is 24.6 Å². The number of amides is 4. The fourth-order valence-corrected chi connectivity index (χ4v) is 10.1. The van der Waals surface area contributed by atoms with E-state index in [1.807, 2.05) is 24.3 Å². The summed E-state index contributed by atoms with van der Waals surface area (Å²) in [6, 6.07) is 9.56. The van der Waals surface area contributed by atoms with Gasteiger partial charge in [0.25, 0.3) is 5.91 Å². The van der Waals surface area contributed by atoms with E-state index in [9.17, 15) is 24.0 Å². The number of aromatic nitrogens is 4. The van der Waals surface area contributed by atoms with Crippen LogP contribution in [0.3, 0.4) is 0 Å². The molecule has 2 aromatic heterocycles. The molecule has 4 amide bonds. The number of nitrogens with one attached hydrogen (secondary N) is 2. The van der Waals surface area contributed by atoms with Crippen LogP contribution in [0.4, 0.5) is 23.1 Å². The van der Waals surface area contributed by atoms with E-state index in [1.54, 1.807) is 37.4 Å². The lowest BCUT2D eigenvalue weighted by atomic mass is 9.86. The van der Waals surface area contributed by atoms with Crippen LogP contribution in [0.25, 0.3) is 11.5 Å².